The van der Waals surface area contributed by atoms with Crippen molar-refractivity contribution in [2.24, 2.45) is 5.92 Å². The van der Waals surface area contributed by atoms with Gasteiger partial charge in [0.05, 0.1) is 6.10 Å². The molecule has 1 aliphatic carbocycles. The largest absolute Gasteiger partial charge is 0.393 e. The predicted molar refractivity (Wildman–Crippen MR) is 103 cm³/mol. The smallest absolute Gasteiger partial charge is 0.347 e. The molecule has 6 heteroatoms. The highest BCUT2D eigenvalue weighted by Gasteiger charge is 2.34. The summed E-state index contributed by atoms with van der Waals surface area (Å²) in [6, 6.07) is 11.9. The first-order chi connectivity index (χ1) is 12.9. The van der Waals surface area contributed by atoms with Crippen molar-refractivity contribution >= 4 is 5.91 Å². The van der Waals surface area contributed by atoms with Gasteiger partial charge in [0.1, 0.15) is 0 Å². The summed E-state index contributed by atoms with van der Waals surface area (Å²) in [6.45, 7) is 3.95. The maximum Gasteiger partial charge on any atom is 0.347 e. The van der Waals surface area contributed by atoms with Crippen LogP contribution in [-0.4, -0.2) is 32.7 Å². The monoisotopic (exact) mass is 369 g/mol. The second-order valence-electron chi connectivity index (χ2n) is 7.47. The van der Waals surface area contributed by atoms with Crippen molar-refractivity contribution in [1.82, 2.24) is 14.9 Å². The summed E-state index contributed by atoms with van der Waals surface area (Å²) in [6.07, 6.45) is 2.15. The zero-order chi connectivity index (χ0) is 19.4. The average Bonchev–Trinajstić information content (AvgIpc) is 2.58. The molecule has 0 unspecified atom stereocenters. The van der Waals surface area contributed by atoms with Gasteiger partial charge in [-0.1, -0.05) is 30.3 Å². The van der Waals surface area contributed by atoms with E-state index in [9.17, 15) is 14.7 Å². The number of amides is 1. The van der Waals surface area contributed by atoms with E-state index in [0.717, 1.165) is 25.0 Å². The fourth-order valence-corrected chi connectivity index (χ4v) is 3.70. The lowest BCUT2D eigenvalue weighted by atomic mass is 9.75. The molecule has 1 aromatic heterocycles. The van der Waals surface area contributed by atoms with Gasteiger partial charge < -0.3 is 10.4 Å². The summed E-state index contributed by atoms with van der Waals surface area (Å²) < 4.78 is 1.53. The van der Waals surface area contributed by atoms with Crippen molar-refractivity contribution in [1.29, 1.82) is 0 Å². The fraction of sp³-hybridized carbons (Fsp3) is 0.476. The van der Waals surface area contributed by atoms with Crippen molar-refractivity contribution in [2.75, 3.05) is 0 Å². The summed E-state index contributed by atoms with van der Waals surface area (Å²) in [5.41, 5.74) is 2.34. The van der Waals surface area contributed by atoms with Crippen molar-refractivity contribution in [3.63, 3.8) is 0 Å². The number of rotatable bonds is 7. The third-order valence-electron chi connectivity index (χ3n) is 5.27. The molecule has 0 radical (unpaired) electrons. The maximum absolute atomic E-state index is 12.5. The first-order valence-corrected chi connectivity index (χ1v) is 9.49. The zero-order valence-corrected chi connectivity index (χ0v) is 15.9. The second kappa shape index (κ2) is 8.48. The topological polar surface area (TPSA) is 84.2 Å². The Morgan fingerprint density at radius 2 is 2.00 bits per heavy atom. The van der Waals surface area contributed by atoms with Crippen LogP contribution in [0, 0.1) is 19.8 Å². The normalized spacial score (nSPS) is 20.0. The van der Waals surface area contributed by atoms with Crippen LogP contribution in [0.15, 0.2) is 41.2 Å². The summed E-state index contributed by atoms with van der Waals surface area (Å²) in [7, 11) is 0. The summed E-state index contributed by atoms with van der Waals surface area (Å²) in [5.74, 6) is 0.207. The molecule has 1 fully saturated rings. The van der Waals surface area contributed by atoms with Crippen LogP contribution in [0.4, 0.5) is 0 Å². The molecule has 0 aliphatic heterocycles. The summed E-state index contributed by atoms with van der Waals surface area (Å²) >= 11 is 0. The molecule has 0 spiro atoms. The molecule has 27 heavy (non-hydrogen) atoms. The number of hydrogen-bond donors (Lipinski definition) is 2. The van der Waals surface area contributed by atoms with Gasteiger partial charge in [-0.05, 0) is 50.7 Å². The number of carbonyl (C=O) groups excluding carboxylic acids is 1. The van der Waals surface area contributed by atoms with Crippen LogP contribution < -0.4 is 11.0 Å². The predicted octanol–water partition coefficient (Wildman–Crippen LogP) is 1.75. The molecule has 1 aliphatic rings. The molecule has 1 heterocycles. The molecule has 144 valence electrons. The number of aliphatic hydroxyl groups excluding tert-OH is 1. The van der Waals surface area contributed by atoms with Gasteiger partial charge in [-0.25, -0.2) is 4.79 Å². The van der Waals surface area contributed by atoms with Gasteiger partial charge in [0.2, 0.25) is 5.91 Å². The Bertz CT molecular complexity index is 841. The summed E-state index contributed by atoms with van der Waals surface area (Å²) in [5, 5.41) is 12.8. The van der Waals surface area contributed by atoms with Crippen molar-refractivity contribution in [3.05, 3.63) is 63.8 Å². The average molecular weight is 369 g/mol. The van der Waals surface area contributed by atoms with Gasteiger partial charge in [-0.3, -0.25) is 9.36 Å². The molecular formula is C21H27N3O3. The van der Waals surface area contributed by atoms with Crippen molar-refractivity contribution < 1.29 is 9.90 Å². The Morgan fingerprint density at radius 1 is 1.30 bits per heavy atom. The van der Waals surface area contributed by atoms with E-state index in [1.807, 2.05) is 31.2 Å². The zero-order valence-electron chi connectivity index (χ0n) is 15.9. The van der Waals surface area contributed by atoms with Crippen molar-refractivity contribution in [3.8, 4) is 0 Å². The number of aromatic nitrogens is 2. The van der Waals surface area contributed by atoms with Crippen LogP contribution in [0.2, 0.25) is 0 Å². The number of aryl methyl sites for hydroxylation is 2. The Morgan fingerprint density at radius 3 is 2.63 bits per heavy atom. The third-order valence-corrected chi connectivity index (χ3v) is 5.27. The number of hydrogen-bond acceptors (Lipinski definition) is 4. The Balaban J connectivity index is 1.61. The van der Waals surface area contributed by atoms with Crippen LogP contribution >= 0.6 is 0 Å². The number of nitrogens with one attached hydrogen (secondary N) is 1. The first-order valence-electron chi connectivity index (χ1n) is 9.49. The number of benzene rings is 1. The van der Waals surface area contributed by atoms with Crippen LogP contribution in [-0.2, 0) is 17.8 Å². The first kappa shape index (κ1) is 19.3. The maximum atomic E-state index is 12.5. The molecule has 0 saturated heterocycles. The lowest BCUT2D eigenvalue weighted by molar-refractivity contribution is -0.123. The standard InChI is InChI=1S/C21H27N3O3/c1-14-10-15(2)24(21(27)22-14)9-8-20(26)23-19(17-12-18(25)13-17)11-16-6-4-3-5-7-16/h3-7,10,17-19,25H,8-9,11-13H2,1-2H3,(H,23,26)/t17?,18?,19-/m1/s1. The van der Waals surface area contributed by atoms with E-state index in [4.69, 9.17) is 0 Å². The highest BCUT2D eigenvalue weighted by Crippen LogP contribution is 2.31. The Hall–Kier alpha value is -2.47. The molecule has 1 amide bonds. The van der Waals surface area contributed by atoms with Gasteiger partial charge in [0.25, 0.3) is 0 Å². The van der Waals surface area contributed by atoms with Crippen LogP contribution in [0.1, 0.15) is 36.2 Å². The molecule has 1 saturated carbocycles. The minimum absolute atomic E-state index is 0.00254. The minimum Gasteiger partial charge on any atom is -0.393 e. The molecule has 6 nitrogen and oxygen atoms in total. The van der Waals surface area contributed by atoms with E-state index < -0.39 is 0 Å². The fourth-order valence-electron chi connectivity index (χ4n) is 3.70. The second-order valence-corrected chi connectivity index (χ2v) is 7.47. The van der Waals surface area contributed by atoms with E-state index >= 15 is 0 Å². The third kappa shape index (κ3) is 5.04. The van der Waals surface area contributed by atoms with E-state index in [1.54, 1.807) is 6.92 Å². The molecule has 2 N–H and O–H groups in total. The molecule has 0 bridgehead atoms. The highest BCUT2D eigenvalue weighted by molar-refractivity contribution is 5.76. The van der Waals surface area contributed by atoms with Crippen LogP contribution in [0.5, 0.6) is 0 Å². The van der Waals surface area contributed by atoms with Crippen LogP contribution in [0.3, 0.4) is 0 Å². The molecular weight excluding hydrogens is 342 g/mol. The van der Waals surface area contributed by atoms with Gasteiger partial charge in [0, 0.05) is 30.4 Å². The lowest BCUT2D eigenvalue weighted by Crippen LogP contribution is -2.48. The molecule has 1 aromatic carbocycles. The van der Waals surface area contributed by atoms with E-state index in [-0.39, 0.29) is 36.1 Å². The molecule has 1 atom stereocenters. The number of aliphatic hydroxyl groups is 1. The van der Waals surface area contributed by atoms with Crippen molar-refractivity contribution in [2.45, 2.75) is 58.2 Å². The number of carbonyl (C=O) groups is 1. The highest BCUT2D eigenvalue weighted by atomic mass is 16.3. The quantitative estimate of drug-likeness (QED) is 0.779. The van der Waals surface area contributed by atoms with E-state index in [1.165, 1.54) is 10.1 Å². The Kier molecular flexibility index (Phi) is 6.06. The van der Waals surface area contributed by atoms with E-state index in [0.29, 0.717) is 12.2 Å². The van der Waals surface area contributed by atoms with Crippen LogP contribution in [0.25, 0.3) is 0 Å². The SMILES string of the molecule is Cc1cc(C)n(CCC(=O)N[C@H](Cc2ccccc2)C2CC(O)C2)c(=O)n1. The minimum atomic E-state index is -0.316. The van der Waals surface area contributed by atoms with Gasteiger partial charge in [0.15, 0.2) is 0 Å². The van der Waals surface area contributed by atoms with Gasteiger partial charge in [-0.15, -0.1) is 0 Å². The van der Waals surface area contributed by atoms with Gasteiger partial charge in [-0.2, -0.15) is 4.98 Å². The van der Waals surface area contributed by atoms with Gasteiger partial charge >= 0.3 is 5.69 Å². The molecule has 2 aromatic rings. The Labute approximate surface area is 159 Å². The molecule has 3 rings (SSSR count). The van der Waals surface area contributed by atoms with E-state index in [2.05, 4.69) is 22.4 Å². The number of nitrogens with zero attached hydrogens (tertiary/aromatic N) is 2. The lowest BCUT2D eigenvalue weighted by Gasteiger charge is -2.38. The summed E-state index contributed by atoms with van der Waals surface area (Å²) in [4.78, 5) is 28.5.